The molecule has 1 heteroatoms. The van der Waals surface area contributed by atoms with Gasteiger partial charge in [0.2, 0.25) is 0 Å². The van der Waals surface area contributed by atoms with Crippen molar-refractivity contribution in [2.24, 2.45) is 10.9 Å². The van der Waals surface area contributed by atoms with Crippen LogP contribution in [0, 0.1) is 5.92 Å². The summed E-state index contributed by atoms with van der Waals surface area (Å²) in [6.45, 7) is 6.37. The van der Waals surface area contributed by atoms with E-state index in [4.69, 9.17) is 0 Å². The Bertz CT molecular complexity index is 112. The Labute approximate surface area is 50.8 Å². The lowest BCUT2D eigenvalue weighted by Crippen LogP contribution is -1.85. The highest BCUT2D eigenvalue weighted by atomic mass is 14.9. The lowest BCUT2D eigenvalue weighted by atomic mass is 10.4. The predicted octanol–water partition coefficient (Wildman–Crippen LogP) is 1.88. The number of aliphatic imine (C=N–C) groups is 1. The zero-order valence-electron chi connectivity index (χ0n) is 5.81. The number of hydrogen-bond acceptors (Lipinski definition) is 1. The molecule has 1 aliphatic rings. The predicted molar refractivity (Wildman–Crippen MR) is 36.4 cm³/mol. The Morgan fingerprint density at radius 2 is 2.00 bits per heavy atom. The maximum absolute atomic E-state index is 4.39. The number of rotatable bonds is 1. The van der Waals surface area contributed by atoms with E-state index >= 15 is 0 Å². The first-order chi connectivity index (χ1) is 3.70. The van der Waals surface area contributed by atoms with Gasteiger partial charge in [0.25, 0.3) is 0 Å². The summed E-state index contributed by atoms with van der Waals surface area (Å²) in [5, 5.41) is 0. The molecule has 1 saturated carbocycles. The molecule has 0 heterocycles. The van der Waals surface area contributed by atoms with Crippen molar-refractivity contribution in [2.45, 2.75) is 33.2 Å². The summed E-state index contributed by atoms with van der Waals surface area (Å²) in [5.74, 6) is 0.866. The Morgan fingerprint density at radius 1 is 1.50 bits per heavy atom. The van der Waals surface area contributed by atoms with E-state index in [0.717, 1.165) is 5.92 Å². The summed E-state index contributed by atoms with van der Waals surface area (Å²) in [6.07, 6.45) is 1.31. The lowest BCUT2D eigenvalue weighted by molar-refractivity contribution is 0.894. The monoisotopic (exact) mass is 111 g/mol. The van der Waals surface area contributed by atoms with Gasteiger partial charge in [-0.05, 0) is 26.2 Å². The van der Waals surface area contributed by atoms with Gasteiger partial charge in [-0.1, -0.05) is 6.92 Å². The van der Waals surface area contributed by atoms with Gasteiger partial charge < -0.3 is 0 Å². The first-order valence-corrected chi connectivity index (χ1v) is 3.21. The molecule has 1 fully saturated rings. The maximum Gasteiger partial charge on any atom is 0.0528 e. The summed E-state index contributed by atoms with van der Waals surface area (Å²) in [6, 6.07) is 0.681. The molecule has 0 bridgehead atoms. The van der Waals surface area contributed by atoms with Crippen molar-refractivity contribution >= 4 is 5.71 Å². The van der Waals surface area contributed by atoms with Gasteiger partial charge in [-0.15, -0.1) is 0 Å². The van der Waals surface area contributed by atoms with E-state index in [9.17, 15) is 0 Å². The first-order valence-electron chi connectivity index (χ1n) is 3.21. The molecule has 2 atom stereocenters. The second-order valence-electron chi connectivity index (χ2n) is 2.86. The fourth-order valence-corrected chi connectivity index (χ4v) is 0.814. The third-order valence-electron chi connectivity index (χ3n) is 1.49. The fourth-order valence-electron chi connectivity index (χ4n) is 0.814. The summed E-state index contributed by atoms with van der Waals surface area (Å²) in [4.78, 5) is 4.39. The molecule has 0 amide bonds. The minimum atomic E-state index is 0.681. The van der Waals surface area contributed by atoms with E-state index in [1.165, 1.54) is 12.1 Å². The van der Waals surface area contributed by atoms with E-state index in [0.29, 0.717) is 6.04 Å². The third-order valence-corrected chi connectivity index (χ3v) is 1.49. The third kappa shape index (κ3) is 1.32. The van der Waals surface area contributed by atoms with Crippen LogP contribution in [0.25, 0.3) is 0 Å². The van der Waals surface area contributed by atoms with Gasteiger partial charge in [-0.2, -0.15) is 0 Å². The quantitative estimate of drug-likeness (QED) is 0.458. The first kappa shape index (κ1) is 5.80. The molecule has 0 saturated heterocycles. The minimum Gasteiger partial charge on any atom is -0.291 e. The van der Waals surface area contributed by atoms with Crippen molar-refractivity contribution in [2.75, 3.05) is 0 Å². The van der Waals surface area contributed by atoms with Gasteiger partial charge in [0.15, 0.2) is 0 Å². The maximum atomic E-state index is 4.39. The minimum absolute atomic E-state index is 0.681. The molecular weight excluding hydrogens is 98.1 g/mol. The van der Waals surface area contributed by atoms with E-state index in [-0.39, 0.29) is 0 Å². The highest BCUT2D eigenvalue weighted by Crippen LogP contribution is 2.32. The molecule has 0 aromatic carbocycles. The Morgan fingerprint density at radius 3 is 2.12 bits per heavy atom. The van der Waals surface area contributed by atoms with Crippen molar-refractivity contribution in [1.82, 2.24) is 0 Å². The molecule has 0 aliphatic heterocycles. The standard InChI is InChI=1S/C7H13N/c1-5(2)8-7-4-6(7)3/h6-7H,4H2,1-3H3. The van der Waals surface area contributed by atoms with E-state index in [1.807, 2.05) is 0 Å². The van der Waals surface area contributed by atoms with Crippen LogP contribution in [0.2, 0.25) is 0 Å². The van der Waals surface area contributed by atoms with Gasteiger partial charge >= 0.3 is 0 Å². The normalized spacial score (nSPS) is 34.4. The van der Waals surface area contributed by atoms with Crippen LogP contribution in [-0.4, -0.2) is 11.8 Å². The number of nitrogens with zero attached hydrogens (tertiary/aromatic N) is 1. The van der Waals surface area contributed by atoms with E-state index < -0.39 is 0 Å². The zero-order valence-corrected chi connectivity index (χ0v) is 5.81. The molecule has 2 unspecified atom stereocenters. The molecule has 0 radical (unpaired) electrons. The molecular formula is C7H13N. The summed E-state index contributed by atoms with van der Waals surface area (Å²) >= 11 is 0. The average Bonchev–Trinajstić information content (AvgIpc) is 2.17. The Kier molecular flexibility index (Phi) is 1.37. The van der Waals surface area contributed by atoms with Crippen molar-refractivity contribution in [1.29, 1.82) is 0 Å². The molecule has 0 N–H and O–H groups in total. The molecule has 0 aromatic rings. The van der Waals surface area contributed by atoms with Crippen molar-refractivity contribution in [3.8, 4) is 0 Å². The summed E-state index contributed by atoms with van der Waals surface area (Å²) < 4.78 is 0. The van der Waals surface area contributed by atoms with Gasteiger partial charge in [-0.3, -0.25) is 4.99 Å². The summed E-state index contributed by atoms with van der Waals surface area (Å²) in [7, 11) is 0. The van der Waals surface area contributed by atoms with Crippen LogP contribution < -0.4 is 0 Å². The Balaban J connectivity index is 2.32. The molecule has 1 aliphatic carbocycles. The van der Waals surface area contributed by atoms with Gasteiger partial charge in [0.1, 0.15) is 0 Å². The zero-order chi connectivity index (χ0) is 6.15. The van der Waals surface area contributed by atoms with Crippen molar-refractivity contribution in [3.63, 3.8) is 0 Å². The smallest absolute Gasteiger partial charge is 0.0528 e. The van der Waals surface area contributed by atoms with Crippen LogP contribution in [-0.2, 0) is 0 Å². The number of hydrogen-bond donors (Lipinski definition) is 0. The van der Waals surface area contributed by atoms with E-state index in [1.54, 1.807) is 0 Å². The molecule has 0 aromatic heterocycles. The topological polar surface area (TPSA) is 12.4 Å². The molecule has 0 spiro atoms. The van der Waals surface area contributed by atoms with Crippen LogP contribution in [0.15, 0.2) is 4.99 Å². The van der Waals surface area contributed by atoms with Gasteiger partial charge in [-0.25, -0.2) is 0 Å². The highest BCUT2D eigenvalue weighted by Gasteiger charge is 2.31. The molecule has 1 rings (SSSR count). The second kappa shape index (κ2) is 1.88. The van der Waals surface area contributed by atoms with Gasteiger partial charge in [0, 0.05) is 5.71 Å². The molecule has 8 heavy (non-hydrogen) atoms. The molecule has 1 nitrogen and oxygen atoms in total. The van der Waals surface area contributed by atoms with Crippen LogP contribution >= 0.6 is 0 Å². The SMILES string of the molecule is CC(C)=NC1CC1C. The highest BCUT2D eigenvalue weighted by molar-refractivity contribution is 5.79. The van der Waals surface area contributed by atoms with Gasteiger partial charge in [0.05, 0.1) is 6.04 Å². The largest absolute Gasteiger partial charge is 0.291 e. The van der Waals surface area contributed by atoms with Crippen LogP contribution in [0.3, 0.4) is 0 Å². The van der Waals surface area contributed by atoms with Crippen molar-refractivity contribution in [3.05, 3.63) is 0 Å². The lowest BCUT2D eigenvalue weighted by Gasteiger charge is -1.86. The van der Waals surface area contributed by atoms with E-state index in [2.05, 4.69) is 25.8 Å². The van der Waals surface area contributed by atoms with Crippen molar-refractivity contribution < 1.29 is 0 Å². The second-order valence-corrected chi connectivity index (χ2v) is 2.86. The van der Waals surface area contributed by atoms with Crippen LogP contribution in [0.4, 0.5) is 0 Å². The Hall–Kier alpha value is -0.330. The fraction of sp³-hybridized carbons (Fsp3) is 0.857. The molecule has 46 valence electrons. The summed E-state index contributed by atoms with van der Waals surface area (Å²) in [5.41, 5.74) is 1.22. The average molecular weight is 111 g/mol. The van der Waals surface area contributed by atoms with Crippen LogP contribution in [0.1, 0.15) is 27.2 Å². The van der Waals surface area contributed by atoms with Crippen LogP contribution in [0.5, 0.6) is 0 Å².